The van der Waals surface area contributed by atoms with Crippen LogP contribution in [0.3, 0.4) is 0 Å². The second kappa shape index (κ2) is 6.42. The predicted octanol–water partition coefficient (Wildman–Crippen LogP) is 3.12. The van der Waals surface area contributed by atoms with Gasteiger partial charge in [-0.25, -0.2) is 14.8 Å². The molecule has 1 fully saturated rings. The van der Waals surface area contributed by atoms with E-state index in [1.807, 2.05) is 6.26 Å². The highest BCUT2D eigenvalue weighted by molar-refractivity contribution is 7.98. The van der Waals surface area contributed by atoms with Crippen molar-refractivity contribution in [2.24, 2.45) is 5.92 Å². The first-order valence-corrected chi connectivity index (χ1v) is 8.91. The summed E-state index contributed by atoms with van der Waals surface area (Å²) < 4.78 is 5.14. The van der Waals surface area contributed by atoms with Gasteiger partial charge in [0.25, 0.3) is 0 Å². The van der Waals surface area contributed by atoms with Gasteiger partial charge >= 0.3 is 5.63 Å². The van der Waals surface area contributed by atoms with E-state index >= 15 is 0 Å². The molecule has 1 atom stereocenters. The number of halogens is 1. The van der Waals surface area contributed by atoms with E-state index in [2.05, 4.69) is 20.8 Å². The molecule has 7 heteroatoms. The number of fused-ring (bicyclic) bond motifs is 1. The third-order valence-electron chi connectivity index (χ3n) is 4.05. The first kappa shape index (κ1) is 16.2. The summed E-state index contributed by atoms with van der Waals surface area (Å²) >= 11 is 7.42. The van der Waals surface area contributed by atoms with Crippen LogP contribution in [0.5, 0.6) is 0 Å². The molecule has 0 bridgehead atoms. The molecule has 3 rings (SSSR count). The Hall–Kier alpha value is -1.71. The Bertz CT molecular complexity index is 859. The van der Waals surface area contributed by atoms with Crippen molar-refractivity contribution in [1.82, 2.24) is 9.97 Å². The van der Waals surface area contributed by atoms with Crippen molar-refractivity contribution < 1.29 is 4.42 Å². The fourth-order valence-electron chi connectivity index (χ4n) is 2.82. The topological polar surface area (TPSA) is 59.2 Å². The zero-order valence-corrected chi connectivity index (χ0v) is 14.5. The third kappa shape index (κ3) is 2.91. The summed E-state index contributed by atoms with van der Waals surface area (Å²) in [6, 6.07) is 0. The quantitative estimate of drug-likeness (QED) is 0.471. The molecule has 0 aliphatic carbocycles. The average molecular weight is 350 g/mol. The van der Waals surface area contributed by atoms with Crippen molar-refractivity contribution in [2.45, 2.75) is 24.9 Å². The molecule has 23 heavy (non-hydrogen) atoms. The van der Waals surface area contributed by atoms with Gasteiger partial charge in [-0.1, -0.05) is 11.8 Å². The lowest BCUT2D eigenvalue weighted by molar-refractivity contribution is 0.492. The van der Waals surface area contributed by atoms with E-state index < -0.39 is 5.63 Å². The number of aryl methyl sites for hydroxylation is 1. The minimum atomic E-state index is -0.513. The zero-order valence-electron chi connectivity index (χ0n) is 12.9. The van der Waals surface area contributed by atoms with E-state index in [4.69, 9.17) is 22.4 Å². The maximum absolute atomic E-state index is 12.4. The lowest BCUT2D eigenvalue weighted by atomic mass is 9.99. The molecule has 1 aliphatic rings. The van der Waals surface area contributed by atoms with Gasteiger partial charge in [0.15, 0.2) is 5.16 Å². The number of hydrogen-bond acceptors (Lipinski definition) is 6. The number of thioether (sulfide) groups is 1. The molecular weight excluding hydrogens is 334 g/mol. The Morgan fingerprint density at radius 3 is 2.96 bits per heavy atom. The van der Waals surface area contributed by atoms with Gasteiger partial charge < -0.3 is 9.32 Å². The van der Waals surface area contributed by atoms with Crippen LogP contribution in [0.25, 0.3) is 10.9 Å². The molecule has 1 unspecified atom stereocenters. The zero-order chi connectivity index (χ0) is 16.6. The minimum Gasteiger partial charge on any atom is -0.410 e. The number of hydrogen-bond donors (Lipinski definition) is 0. The van der Waals surface area contributed by atoms with Crippen LogP contribution in [0.2, 0.25) is 5.22 Å². The van der Waals surface area contributed by atoms with Crippen molar-refractivity contribution in [2.75, 3.05) is 24.2 Å². The fraction of sp³-hybridized carbons (Fsp3) is 0.438. The van der Waals surface area contributed by atoms with Crippen molar-refractivity contribution in [1.29, 1.82) is 0 Å². The normalized spacial score (nSPS) is 18.2. The highest BCUT2D eigenvalue weighted by Crippen LogP contribution is 2.31. The molecule has 0 amide bonds. The van der Waals surface area contributed by atoms with Crippen molar-refractivity contribution in [3.05, 3.63) is 21.2 Å². The van der Waals surface area contributed by atoms with Crippen molar-refractivity contribution in [3.8, 4) is 12.3 Å². The second-order valence-corrected chi connectivity index (χ2v) is 6.61. The van der Waals surface area contributed by atoms with E-state index in [1.165, 1.54) is 11.8 Å². The summed E-state index contributed by atoms with van der Waals surface area (Å²) in [7, 11) is 0. The van der Waals surface area contributed by atoms with Crippen LogP contribution in [0.1, 0.15) is 18.4 Å². The summed E-state index contributed by atoms with van der Waals surface area (Å²) in [5.74, 6) is 3.55. The number of nitrogens with zero attached hydrogens (tertiary/aromatic N) is 3. The van der Waals surface area contributed by atoms with Crippen LogP contribution in [-0.4, -0.2) is 29.3 Å². The summed E-state index contributed by atoms with van der Waals surface area (Å²) in [5.41, 5.74) is 0.676. The number of terminal acetylenes is 1. The highest BCUT2D eigenvalue weighted by Gasteiger charge is 2.25. The van der Waals surface area contributed by atoms with Crippen LogP contribution in [0.4, 0.5) is 5.82 Å². The van der Waals surface area contributed by atoms with Crippen LogP contribution in [0, 0.1) is 25.2 Å². The smallest absolute Gasteiger partial charge is 0.350 e. The van der Waals surface area contributed by atoms with Gasteiger partial charge in [-0.15, -0.1) is 12.3 Å². The summed E-state index contributed by atoms with van der Waals surface area (Å²) in [6.45, 7) is 3.27. The largest absolute Gasteiger partial charge is 0.410 e. The molecule has 0 spiro atoms. The second-order valence-electron chi connectivity index (χ2n) is 5.50. The lowest BCUT2D eigenvalue weighted by Crippen LogP contribution is -2.36. The molecule has 3 heterocycles. The Labute approximate surface area is 143 Å². The van der Waals surface area contributed by atoms with Gasteiger partial charge in [-0.3, -0.25) is 0 Å². The van der Waals surface area contributed by atoms with E-state index in [9.17, 15) is 4.79 Å². The Balaban J connectivity index is 2.25. The standard InChI is InChI=1S/C16H16ClN3O2S/c1-4-10-6-5-7-20(8-10)14-11-12(18-16(19-14)23-3)9(2)13(17)22-15(11)21/h1,10H,5-8H2,2-3H3. The van der Waals surface area contributed by atoms with Gasteiger partial charge in [0, 0.05) is 24.6 Å². The first-order chi connectivity index (χ1) is 11.0. The van der Waals surface area contributed by atoms with Crippen molar-refractivity contribution in [3.63, 3.8) is 0 Å². The highest BCUT2D eigenvalue weighted by atomic mass is 35.5. The van der Waals surface area contributed by atoms with Gasteiger partial charge in [0.05, 0.1) is 5.52 Å². The first-order valence-electron chi connectivity index (χ1n) is 7.31. The summed E-state index contributed by atoms with van der Waals surface area (Å²) in [6.07, 6.45) is 9.43. The summed E-state index contributed by atoms with van der Waals surface area (Å²) in [4.78, 5) is 23.4. The van der Waals surface area contributed by atoms with Gasteiger partial charge in [-0.05, 0) is 37.6 Å². The SMILES string of the molecule is C#CC1CCCN(c2nc(SC)nc3c(C)c(Cl)oc(=O)c23)C1. The minimum absolute atomic E-state index is 0.0688. The monoisotopic (exact) mass is 349 g/mol. The van der Waals surface area contributed by atoms with Crippen LogP contribution in [-0.2, 0) is 0 Å². The fourth-order valence-corrected chi connectivity index (χ4v) is 3.34. The van der Waals surface area contributed by atoms with E-state index in [0.717, 1.165) is 19.4 Å². The molecule has 120 valence electrons. The average Bonchev–Trinajstić information content (AvgIpc) is 2.58. The van der Waals surface area contributed by atoms with Crippen LogP contribution < -0.4 is 10.5 Å². The Morgan fingerprint density at radius 1 is 1.48 bits per heavy atom. The van der Waals surface area contributed by atoms with E-state index in [1.54, 1.807) is 6.92 Å². The van der Waals surface area contributed by atoms with Crippen LogP contribution >= 0.6 is 23.4 Å². The Kier molecular flexibility index (Phi) is 4.51. The van der Waals surface area contributed by atoms with E-state index in [-0.39, 0.29) is 11.1 Å². The number of rotatable bonds is 2. The molecule has 0 radical (unpaired) electrons. The van der Waals surface area contributed by atoms with Gasteiger partial charge in [0.2, 0.25) is 5.22 Å². The molecule has 5 nitrogen and oxygen atoms in total. The van der Waals surface area contributed by atoms with Crippen LogP contribution in [0.15, 0.2) is 14.4 Å². The maximum Gasteiger partial charge on any atom is 0.350 e. The molecule has 2 aromatic heterocycles. The number of piperidine rings is 1. The molecule has 0 saturated carbocycles. The molecule has 0 N–H and O–H groups in total. The maximum atomic E-state index is 12.4. The number of aromatic nitrogens is 2. The van der Waals surface area contributed by atoms with Crippen molar-refractivity contribution >= 4 is 40.1 Å². The van der Waals surface area contributed by atoms with E-state index in [0.29, 0.717) is 34.0 Å². The molecule has 1 aliphatic heterocycles. The number of anilines is 1. The third-order valence-corrected chi connectivity index (χ3v) is 4.95. The van der Waals surface area contributed by atoms with Gasteiger partial charge in [-0.2, -0.15) is 0 Å². The molecular formula is C16H16ClN3O2S. The molecule has 1 saturated heterocycles. The summed E-state index contributed by atoms with van der Waals surface area (Å²) in [5, 5.41) is 1.04. The van der Waals surface area contributed by atoms with Gasteiger partial charge in [0.1, 0.15) is 11.2 Å². The lowest BCUT2D eigenvalue weighted by Gasteiger charge is -2.31. The predicted molar refractivity (Wildman–Crippen MR) is 93.4 cm³/mol. The Morgan fingerprint density at radius 2 is 2.26 bits per heavy atom. The molecule has 2 aromatic rings. The molecule has 0 aromatic carbocycles.